The van der Waals surface area contributed by atoms with Crippen LogP contribution in [-0.2, 0) is 0 Å². The summed E-state index contributed by atoms with van der Waals surface area (Å²) in [6.07, 6.45) is 0. The van der Waals surface area contributed by atoms with Crippen LogP contribution in [0, 0.1) is 0 Å². The lowest BCUT2D eigenvalue weighted by molar-refractivity contribution is 0.669. The maximum absolute atomic E-state index is 9.61. The standard InChI is InChI=1S/C51H30N4OS/c1-2-13-31(14-3-1)49-52-50(54-51(53-49)33-25-27-37-36-17-6-10-23-45(36)56-46(37)30-33)32-26-28-44(55-42-21-8-4-15-34(42)35-16-5-9-22-43(35)55)41(29-32)40-20-12-19-39-38-18-7-11-24-47(38)57-48(39)40/h1-30H/i7D,12D,18D,19D,20D,24D. The van der Waals surface area contributed by atoms with E-state index in [0.29, 0.717) is 54.8 Å². The molecule has 0 spiro atoms. The van der Waals surface area contributed by atoms with Crippen molar-refractivity contribution in [2.24, 2.45) is 0 Å². The zero-order chi connectivity index (χ0) is 42.7. The van der Waals surface area contributed by atoms with E-state index in [1.54, 1.807) is 0 Å². The molecule has 0 radical (unpaired) electrons. The van der Waals surface area contributed by atoms with Gasteiger partial charge in [-0.3, -0.25) is 0 Å². The van der Waals surface area contributed by atoms with Gasteiger partial charge >= 0.3 is 0 Å². The van der Waals surface area contributed by atoms with E-state index in [1.807, 2.05) is 115 Å². The summed E-state index contributed by atoms with van der Waals surface area (Å²) in [5, 5.41) is 4.65. The number of nitrogens with zero attached hydrogens (tertiary/aromatic N) is 4. The van der Waals surface area contributed by atoms with E-state index in [2.05, 4.69) is 28.8 Å². The Bertz CT molecular complexity index is 3840. The summed E-state index contributed by atoms with van der Waals surface area (Å²) in [6, 6.07) is 46.2. The average Bonchev–Trinajstić information content (AvgIpc) is 4.01. The van der Waals surface area contributed by atoms with Crippen LogP contribution < -0.4 is 0 Å². The van der Waals surface area contributed by atoms with Gasteiger partial charge in [-0.1, -0.05) is 127 Å². The number of furan rings is 1. The van der Waals surface area contributed by atoms with Gasteiger partial charge in [0.25, 0.3) is 0 Å². The molecule has 0 atom stereocenters. The van der Waals surface area contributed by atoms with Crippen molar-refractivity contribution >= 4 is 75.3 Å². The zero-order valence-electron chi connectivity index (χ0n) is 36.0. The molecule has 0 saturated heterocycles. The van der Waals surface area contributed by atoms with Crippen molar-refractivity contribution in [2.45, 2.75) is 0 Å². The van der Waals surface area contributed by atoms with Crippen LogP contribution in [-0.4, -0.2) is 19.5 Å². The maximum Gasteiger partial charge on any atom is 0.164 e. The molecular formula is C51H30N4OS. The predicted octanol–water partition coefficient (Wildman–Crippen LogP) is 13.9. The van der Waals surface area contributed by atoms with E-state index in [0.717, 1.165) is 49.3 Å². The summed E-state index contributed by atoms with van der Waals surface area (Å²) in [7, 11) is 0. The Morgan fingerprint density at radius 2 is 1.09 bits per heavy atom. The van der Waals surface area contributed by atoms with Crippen LogP contribution in [0.4, 0.5) is 0 Å². The second-order valence-electron chi connectivity index (χ2n) is 13.9. The molecule has 6 heteroatoms. The third-order valence-electron chi connectivity index (χ3n) is 10.6. The van der Waals surface area contributed by atoms with Gasteiger partial charge in [-0.15, -0.1) is 11.3 Å². The molecule has 57 heavy (non-hydrogen) atoms. The lowest BCUT2D eigenvalue weighted by Gasteiger charge is -2.17. The van der Waals surface area contributed by atoms with Gasteiger partial charge in [-0.25, -0.2) is 15.0 Å². The fourth-order valence-corrected chi connectivity index (χ4v) is 9.12. The quantitative estimate of drug-likeness (QED) is 0.176. The summed E-state index contributed by atoms with van der Waals surface area (Å²) in [6.45, 7) is 0. The van der Waals surface area contributed by atoms with E-state index < -0.39 is 0 Å². The van der Waals surface area contributed by atoms with Gasteiger partial charge in [0.1, 0.15) is 11.2 Å². The Morgan fingerprint density at radius 1 is 0.456 bits per heavy atom. The molecule has 12 rings (SSSR count). The van der Waals surface area contributed by atoms with Crippen LogP contribution in [0.25, 0.3) is 115 Å². The van der Waals surface area contributed by atoms with Gasteiger partial charge < -0.3 is 8.98 Å². The molecule has 5 nitrogen and oxygen atoms in total. The highest BCUT2D eigenvalue weighted by molar-refractivity contribution is 7.26. The maximum atomic E-state index is 9.61. The number of fused-ring (bicyclic) bond motifs is 9. The fraction of sp³-hybridized carbons (Fsp3) is 0. The van der Waals surface area contributed by atoms with Gasteiger partial charge in [0.05, 0.1) is 24.9 Å². The number of thiophene rings is 1. The first kappa shape index (κ1) is 26.4. The van der Waals surface area contributed by atoms with Crippen LogP contribution in [0.3, 0.4) is 0 Å². The first-order valence-electron chi connectivity index (χ1n) is 21.5. The molecule has 0 amide bonds. The normalized spacial score (nSPS) is 13.3. The minimum Gasteiger partial charge on any atom is -0.456 e. The highest BCUT2D eigenvalue weighted by Gasteiger charge is 2.21. The summed E-state index contributed by atoms with van der Waals surface area (Å²) in [4.78, 5) is 15.2. The van der Waals surface area contributed by atoms with Gasteiger partial charge in [-0.2, -0.15) is 0 Å². The second-order valence-corrected chi connectivity index (χ2v) is 14.9. The molecule has 0 aliphatic rings. The smallest absolute Gasteiger partial charge is 0.164 e. The lowest BCUT2D eigenvalue weighted by Crippen LogP contribution is -2.02. The summed E-state index contributed by atoms with van der Waals surface area (Å²) >= 11 is 1.21. The first-order chi connectivity index (χ1) is 30.7. The van der Waals surface area contributed by atoms with Crippen molar-refractivity contribution in [3.8, 4) is 51.0 Å². The Morgan fingerprint density at radius 3 is 1.88 bits per heavy atom. The molecule has 4 aromatic heterocycles. The minimum atomic E-state index is -0.313. The highest BCUT2D eigenvalue weighted by Crippen LogP contribution is 2.44. The number of para-hydroxylation sites is 3. The molecule has 4 heterocycles. The van der Waals surface area contributed by atoms with Crippen molar-refractivity contribution in [1.29, 1.82) is 0 Å². The third-order valence-corrected chi connectivity index (χ3v) is 11.8. The Kier molecular flexibility index (Phi) is 5.82. The van der Waals surface area contributed by atoms with Crippen molar-refractivity contribution in [2.75, 3.05) is 0 Å². The molecule has 0 aliphatic carbocycles. The van der Waals surface area contributed by atoms with Crippen LogP contribution in [0.5, 0.6) is 0 Å². The Hall–Kier alpha value is -7.41. The first-order valence-corrected chi connectivity index (χ1v) is 19.3. The van der Waals surface area contributed by atoms with E-state index in [9.17, 15) is 2.74 Å². The summed E-state index contributed by atoms with van der Waals surface area (Å²) < 4.78 is 63.6. The summed E-state index contributed by atoms with van der Waals surface area (Å²) in [5.41, 5.74) is 7.18. The second kappa shape index (κ2) is 12.6. The van der Waals surface area contributed by atoms with E-state index in [-0.39, 0.29) is 47.0 Å². The molecule has 0 bridgehead atoms. The number of aromatic nitrogens is 4. The third kappa shape index (κ3) is 5.04. The van der Waals surface area contributed by atoms with Crippen molar-refractivity contribution in [3.63, 3.8) is 0 Å². The molecule has 0 unspecified atom stereocenters. The topological polar surface area (TPSA) is 56.7 Å². The van der Waals surface area contributed by atoms with Crippen molar-refractivity contribution < 1.29 is 12.6 Å². The molecule has 266 valence electrons. The van der Waals surface area contributed by atoms with Gasteiger partial charge in [0.2, 0.25) is 0 Å². The molecule has 0 fully saturated rings. The van der Waals surface area contributed by atoms with Crippen LogP contribution in [0.1, 0.15) is 8.22 Å². The zero-order valence-corrected chi connectivity index (χ0v) is 30.8. The predicted molar refractivity (Wildman–Crippen MR) is 236 cm³/mol. The minimum absolute atomic E-state index is 0.0546. The number of benzene rings is 8. The largest absolute Gasteiger partial charge is 0.456 e. The SMILES string of the molecule is [2H]c1cc([2H])c2sc3c(-c4cc(-c5nc(-c6ccccc6)nc(-c6ccc7c(c6)oc6ccccc67)n5)ccc4-n4c5ccccc5c5ccccc54)c([2H])c([2H])c([2H])c3c2c1[2H]. The highest BCUT2D eigenvalue weighted by atomic mass is 32.1. The van der Waals surface area contributed by atoms with Crippen LogP contribution >= 0.6 is 11.3 Å². The van der Waals surface area contributed by atoms with E-state index in [4.69, 9.17) is 24.9 Å². The summed E-state index contributed by atoms with van der Waals surface area (Å²) in [5.74, 6) is 1.28. The van der Waals surface area contributed by atoms with Crippen molar-refractivity contribution in [3.05, 3.63) is 182 Å². The molecule has 12 aromatic rings. The van der Waals surface area contributed by atoms with Gasteiger partial charge in [-0.05, 0) is 54.6 Å². The monoisotopic (exact) mass is 752 g/mol. The van der Waals surface area contributed by atoms with Gasteiger partial charge in [0, 0.05) is 69.5 Å². The van der Waals surface area contributed by atoms with E-state index in [1.165, 1.54) is 17.4 Å². The van der Waals surface area contributed by atoms with E-state index >= 15 is 0 Å². The number of hydrogen-bond donors (Lipinski definition) is 0. The van der Waals surface area contributed by atoms with Crippen LogP contribution in [0.15, 0.2) is 186 Å². The number of hydrogen-bond acceptors (Lipinski definition) is 5. The molecule has 0 saturated carbocycles. The molecule has 0 aliphatic heterocycles. The lowest BCUT2D eigenvalue weighted by atomic mass is 9.98. The molecule has 8 aromatic carbocycles. The Balaban J connectivity index is 1.17. The fourth-order valence-electron chi connectivity index (χ4n) is 8.03. The Labute approximate surface area is 339 Å². The van der Waals surface area contributed by atoms with Crippen molar-refractivity contribution in [1.82, 2.24) is 19.5 Å². The van der Waals surface area contributed by atoms with Crippen LogP contribution in [0.2, 0.25) is 0 Å². The number of rotatable bonds is 5. The molecular weight excluding hydrogens is 717 g/mol. The average molecular weight is 753 g/mol. The molecule has 0 N–H and O–H groups in total. The van der Waals surface area contributed by atoms with Gasteiger partial charge in [0.15, 0.2) is 17.5 Å².